The Labute approximate surface area is 132 Å². The second-order valence-corrected chi connectivity index (χ2v) is 7.02. The van der Waals surface area contributed by atoms with Crippen molar-refractivity contribution in [2.75, 3.05) is 6.54 Å². The molecule has 6 heteroatoms. The largest absolute Gasteiger partial charge is 0.338 e. The summed E-state index contributed by atoms with van der Waals surface area (Å²) in [6.45, 7) is 6.31. The molecule has 2 N–H and O–H groups in total. The van der Waals surface area contributed by atoms with Gasteiger partial charge in [0.1, 0.15) is 0 Å². The van der Waals surface area contributed by atoms with E-state index >= 15 is 0 Å². The van der Waals surface area contributed by atoms with Crippen molar-refractivity contribution in [1.82, 2.24) is 10.6 Å². The van der Waals surface area contributed by atoms with Crippen molar-refractivity contribution in [3.05, 3.63) is 28.7 Å². The SMILES string of the molecule is CC(C)CNC(=O)NC(=O)C(C)Sc1ccccc1Br. The third kappa shape index (κ3) is 5.96. The third-order valence-corrected chi connectivity index (χ3v) is 4.55. The number of urea groups is 1. The molecule has 1 unspecified atom stereocenters. The number of hydrogen-bond donors (Lipinski definition) is 2. The van der Waals surface area contributed by atoms with Crippen molar-refractivity contribution in [2.45, 2.75) is 30.9 Å². The van der Waals surface area contributed by atoms with Crippen molar-refractivity contribution >= 4 is 39.6 Å². The van der Waals surface area contributed by atoms with Crippen LogP contribution in [0.15, 0.2) is 33.6 Å². The van der Waals surface area contributed by atoms with Gasteiger partial charge in [0.15, 0.2) is 0 Å². The highest BCUT2D eigenvalue weighted by Crippen LogP contribution is 2.30. The Morgan fingerprint density at radius 2 is 1.90 bits per heavy atom. The van der Waals surface area contributed by atoms with E-state index in [0.717, 1.165) is 9.37 Å². The molecule has 0 bridgehead atoms. The Kier molecular flexibility index (Phi) is 7.09. The van der Waals surface area contributed by atoms with E-state index in [2.05, 4.69) is 26.6 Å². The number of carbonyl (C=O) groups is 2. The van der Waals surface area contributed by atoms with Crippen LogP contribution in [0.5, 0.6) is 0 Å². The molecule has 1 aromatic carbocycles. The zero-order chi connectivity index (χ0) is 15.1. The monoisotopic (exact) mass is 358 g/mol. The highest BCUT2D eigenvalue weighted by atomic mass is 79.9. The Balaban J connectivity index is 2.47. The summed E-state index contributed by atoms with van der Waals surface area (Å²) in [7, 11) is 0. The Morgan fingerprint density at radius 3 is 2.50 bits per heavy atom. The second kappa shape index (κ2) is 8.32. The fourth-order valence-electron chi connectivity index (χ4n) is 1.34. The van der Waals surface area contributed by atoms with Gasteiger partial charge in [-0.05, 0) is 40.9 Å². The van der Waals surface area contributed by atoms with E-state index in [-0.39, 0.29) is 11.2 Å². The van der Waals surface area contributed by atoms with Gasteiger partial charge in [0.2, 0.25) is 5.91 Å². The predicted octanol–water partition coefficient (Wildman–Crippen LogP) is 3.41. The molecule has 0 aliphatic carbocycles. The molecule has 0 aromatic heterocycles. The number of benzene rings is 1. The predicted molar refractivity (Wildman–Crippen MR) is 85.8 cm³/mol. The summed E-state index contributed by atoms with van der Waals surface area (Å²) in [4.78, 5) is 24.4. The smallest absolute Gasteiger partial charge is 0.321 e. The molecular formula is C14H19BrN2O2S. The lowest BCUT2D eigenvalue weighted by molar-refractivity contribution is -0.119. The van der Waals surface area contributed by atoms with E-state index in [0.29, 0.717) is 12.5 Å². The molecular weight excluding hydrogens is 340 g/mol. The molecule has 0 fully saturated rings. The maximum Gasteiger partial charge on any atom is 0.321 e. The van der Waals surface area contributed by atoms with Crippen molar-refractivity contribution < 1.29 is 9.59 Å². The quantitative estimate of drug-likeness (QED) is 0.792. The summed E-state index contributed by atoms with van der Waals surface area (Å²) in [5, 5.41) is 4.65. The van der Waals surface area contributed by atoms with Crippen LogP contribution in [0.25, 0.3) is 0 Å². The Morgan fingerprint density at radius 1 is 1.25 bits per heavy atom. The number of thioether (sulfide) groups is 1. The van der Waals surface area contributed by atoms with Crippen molar-refractivity contribution in [3.8, 4) is 0 Å². The number of carbonyl (C=O) groups excluding carboxylic acids is 2. The zero-order valence-electron chi connectivity index (χ0n) is 11.8. The third-order valence-electron chi connectivity index (χ3n) is 2.42. The maximum atomic E-state index is 11.9. The lowest BCUT2D eigenvalue weighted by atomic mass is 10.2. The zero-order valence-corrected chi connectivity index (χ0v) is 14.2. The Bertz CT molecular complexity index is 480. The molecule has 1 rings (SSSR count). The lowest BCUT2D eigenvalue weighted by Crippen LogP contribution is -2.43. The van der Waals surface area contributed by atoms with Crippen LogP contribution in [0.3, 0.4) is 0 Å². The molecule has 0 aliphatic heterocycles. The van der Waals surface area contributed by atoms with E-state index in [1.165, 1.54) is 11.8 Å². The van der Waals surface area contributed by atoms with Crippen LogP contribution in [0.1, 0.15) is 20.8 Å². The van der Waals surface area contributed by atoms with Crippen molar-refractivity contribution in [1.29, 1.82) is 0 Å². The molecule has 0 radical (unpaired) electrons. The minimum absolute atomic E-state index is 0.299. The van der Waals surface area contributed by atoms with Gasteiger partial charge in [0.05, 0.1) is 5.25 Å². The highest BCUT2D eigenvalue weighted by Gasteiger charge is 2.17. The van der Waals surface area contributed by atoms with Gasteiger partial charge in [-0.3, -0.25) is 10.1 Å². The van der Waals surface area contributed by atoms with Crippen molar-refractivity contribution in [3.63, 3.8) is 0 Å². The standard InChI is InChI=1S/C14H19BrN2O2S/c1-9(2)8-16-14(19)17-13(18)10(3)20-12-7-5-4-6-11(12)15/h4-7,9-10H,8H2,1-3H3,(H2,16,17,18,19). The first kappa shape index (κ1) is 17.0. The van der Waals surface area contributed by atoms with E-state index < -0.39 is 6.03 Å². The van der Waals surface area contributed by atoms with E-state index in [9.17, 15) is 9.59 Å². The molecule has 0 saturated carbocycles. The van der Waals surface area contributed by atoms with Gasteiger partial charge in [-0.1, -0.05) is 26.0 Å². The van der Waals surface area contributed by atoms with Crippen LogP contribution >= 0.6 is 27.7 Å². The molecule has 20 heavy (non-hydrogen) atoms. The number of hydrogen-bond acceptors (Lipinski definition) is 3. The summed E-state index contributed by atoms with van der Waals surface area (Å²) >= 11 is 4.84. The molecule has 110 valence electrons. The Hall–Kier alpha value is -1.01. The number of nitrogens with one attached hydrogen (secondary N) is 2. The van der Waals surface area contributed by atoms with E-state index in [1.54, 1.807) is 6.92 Å². The van der Waals surface area contributed by atoms with Gasteiger partial charge < -0.3 is 5.32 Å². The van der Waals surface area contributed by atoms with Crippen LogP contribution in [0, 0.1) is 5.92 Å². The van der Waals surface area contributed by atoms with Gasteiger partial charge in [-0.15, -0.1) is 11.8 Å². The minimum Gasteiger partial charge on any atom is -0.338 e. The molecule has 1 atom stereocenters. The van der Waals surface area contributed by atoms with Crippen molar-refractivity contribution in [2.24, 2.45) is 5.92 Å². The molecule has 3 amide bonds. The topological polar surface area (TPSA) is 58.2 Å². The number of rotatable bonds is 5. The van der Waals surface area contributed by atoms with Crippen LogP contribution in [-0.4, -0.2) is 23.7 Å². The molecule has 4 nitrogen and oxygen atoms in total. The van der Waals surface area contributed by atoms with Gasteiger partial charge in [-0.25, -0.2) is 4.79 Å². The fourth-order valence-corrected chi connectivity index (χ4v) is 2.79. The summed E-state index contributed by atoms with van der Waals surface area (Å²) in [6.07, 6.45) is 0. The molecule has 0 heterocycles. The van der Waals surface area contributed by atoms with Crippen LogP contribution in [0.2, 0.25) is 0 Å². The molecule has 0 aliphatic rings. The maximum absolute atomic E-state index is 11.9. The summed E-state index contributed by atoms with van der Waals surface area (Å²) in [5.41, 5.74) is 0. The normalized spacial score (nSPS) is 12.1. The van der Waals surface area contributed by atoms with Crippen LogP contribution in [-0.2, 0) is 4.79 Å². The van der Waals surface area contributed by atoms with Gasteiger partial charge in [-0.2, -0.15) is 0 Å². The first-order valence-corrected chi connectivity index (χ1v) is 8.07. The average molecular weight is 359 g/mol. The van der Waals surface area contributed by atoms with E-state index in [4.69, 9.17) is 0 Å². The number of amides is 3. The number of imide groups is 1. The van der Waals surface area contributed by atoms with Gasteiger partial charge in [0.25, 0.3) is 0 Å². The van der Waals surface area contributed by atoms with Gasteiger partial charge in [0, 0.05) is 15.9 Å². The van der Waals surface area contributed by atoms with Crippen LogP contribution < -0.4 is 10.6 Å². The second-order valence-electron chi connectivity index (χ2n) is 4.78. The number of halogens is 1. The molecule has 0 spiro atoms. The lowest BCUT2D eigenvalue weighted by Gasteiger charge is -2.13. The molecule has 1 aromatic rings. The fraction of sp³-hybridized carbons (Fsp3) is 0.429. The van der Waals surface area contributed by atoms with Gasteiger partial charge >= 0.3 is 6.03 Å². The van der Waals surface area contributed by atoms with Crippen LogP contribution in [0.4, 0.5) is 4.79 Å². The highest BCUT2D eigenvalue weighted by molar-refractivity contribution is 9.10. The first-order chi connectivity index (χ1) is 9.40. The molecule has 0 saturated heterocycles. The van der Waals surface area contributed by atoms with E-state index in [1.807, 2.05) is 38.1 Å². The first-order valence-electron chi connectivity index (χ1n) is 6.40. The minimum atomic E-state index is -0.441. The summed E-state index contributed by atoms with van der Waals surface area (Å²) < 4.78 is 0.939. The average Bonchev–Trinajstić information content (AvgIpc) is 2.39. The summed E-state index contributed by atoms with van der Waals surface area (Å²) in [5.74, 6) is 0.0509. The summed E-state index contributed by atoms with van der Waals surface area (Å²) in [6, 6.07) is 7.23.